The highest BCUT2D eigenvalue weighted by molar-refractivity contribution is 6.31. The third-order valence-corrected chi connectivity index (χ3v) is 7.18. The summed E-state index contributed by atoms with van der Waals surface area (Å²) in [5, 5.41) is 0.793. The standard InChI is InChI=1S/C29H33ClN2O6/c1-3-14-37-23-8-6-19(17-24(23)36-4-2)26-25-27(33)21-18-20(30)7-9-22(21)38-28(25)29(34)32(26)11-5-10-31-12-15-35-16-13-31/h6-9,17-18,26H,3-5,10-16H2,1-2H3. The maximum atomic E-state index is 13.8. The molecule has 0 spiro atoms. The van der Waals surface area contributed by atoms with E-state index in [-0.39, 0.29) is 17.1 Å². The molecule has 0 aliphatic carbocycles. The van der Waals surface area contributed by atoms with Crippen LogP contribution in [0, 0.1) is 0 Å². The molecule has 38 heavy (non-hydrogen) atoms. The summed E-state index contributed by atoms with van der Waals surface area (Å²) in [6, 6.07) is 9.90. The summed E-state index contributed by atoms with van der Waals surface area (Å²) in [6.45, 7) is 9.47. The van der Waals surface area contributed by atoms with Crippen molar-refractivity contribution in [2.24, 2.45) is 0 Å². The molecule has 0 N–H and O–H groups in total. The number of benzene rings is 2. The average molecular weight is 541 g/mol. The molecule has 2 aromatic carbocycles. The summed E-state index contributed by atoms with van der Waals surface area (Å²) in [7, 11) is 0. The summed E-state index contributed by atoms with van der Waals surface area (Å²) in [5.41, 5.74) is 1.20. The zero-order valence-corrected chi connectivity index (χ0v) is 22.6. The van der Waals surface area contributed by atoms with E-state index in [1.54, 1.807) is 23.1 Å². The second-order valence-corrected chi connectivity index (χ2v) is 9.95. The number of halogens is 1. The monoisotopic (exact) mass is 540 g/mol. The van der Waals surface area contributed by atoms with E-state index in [1.807, 2.05) is 32.0 Å². The Balaban J connectivity index is 1.55. The molecule has 2 aliphatic heterocycles. The fourth-order valence-corrected chi connectivity index (χ4v) is 5.33. The molecule has 5 rings (SSSR count). The van der Waals surface area contributed by atoms with Crippen molar-refractivity contribution >= 4 is 28.5 Å². The number of hydrogen-bond acceptors (Lipinski definition) is 7. The van der Waals surface area contributed by atoms with Crippen molar-refractivity contribution in [2.75, 3.05) is 52.6 Å². The average Bonchev–Trinajstić information content (AvgIpc) is 3.20. The first kappa shape index (κ1) is 26.5. The number of amides is 1. The summed E-state index contributed by atoms with van der Waals surface area (Å²) < 4.78 is 23.3. The summed E-state index contributed by atoms with van der Waals surface area (Å²) in [4.78, 5) is 31.6. The summed E-state index contributed by atoms with van der Waals surface area (Å²) in [5.74, 6) is 1.02. The van der Waals surface area contributed by atoms with E-state index in [4.69, 9.17) is 30.2 Å². The molecule has 0 bridgehead atoms. The Morgan fingerprint density at radius 3 is 2.58 bits per heavy atom. The van der Waals surface area contributed by atoms with Crippen molar-refractivity contribution < 1.29 is 23.4 Å². The third kappa shape index (κ3) is 5.25. The van der Waals surface area contributed by atoms with Crippen molar-refractivity contribution in [2.45, 2.75) is 32.7 Å². The lowest BCUT2D eigenvalue weighted by molar-refractivity contribution is 0.0353. The normalized spacial score (nSPS) is 17.7. The molecule has 1 saturated heterocycles. The molecule has 202 valence electrons. The van der Waals surface area contributed by atoms with Crippen molar-refractivity contribution in [3.63, 3.8) is 0 Å². The van der Waals surface area contributed by atoms with Crippen LogP contribution >= 0.6 is 11.6 Å². The van der Waals surface area contributed by atoms with Crippen LogP contribution in [0.25, 0.3) is 11.0 Å². The first-order valence-corrected chi connectivity index (χ1v) is 13.7. The lowest BCUT2D eigenvalue weighted by atomic mass is 9.98. The van der Waals surface area contributed by atoms with Crippen molar-refractivity contribution in [3.05, 3.63) is 68.5 Å². The van der Waals surface area contributed by atoms with E-state index in [0.717, 1.165) is 51.3 Å². The fourth-order valence-electron chi connectivity index (χ4n) is 5.15. The Morgan fingerprint density at radius 2 is 1.82 bits per heavy atom. The number of rotatable bonds is 10. The smallest absolute Gasteiger partial charge is 0.290 e. The molecule has 1 atom stereocenters. The summed E-state index contributed by atoms with van der Waals surface area (Å²) in [6.07, 6.45) is 1.62. The van der Waals surface area contributed by atoms with Crippen LogP contribution in [0.2, 0.25) is 5.02 Å². The highest BCUT2D eigenvalue weighted by Crippen LogP contribution is 2.41. The van der Waals surface area contributed by atoms with E-state index in [0.29, 0.717) is 52.8 Å². The lowest BCUT2D eigenvalue weighted by Crippen LogP contribution is -2.38. The maximum Gasteiger partial charge on any atom is 0.290 e. The molecule has 0 radical (unpaired) electrons. The Hall–Kier alpha value is -3.07. The lowest BCUT2D eigenvalue weighted by Gasteiger charge is -2.29. The molecule has 1 aromatic heterocycles. The molecule has 2 aliphatic rings. The summed E-state index contributed by atoms with van der Waals surface area (Å²) >= 11 is 6.21. The van der Waals surface area contributed by atoms with Gasteiger partial charge >= 0.3 is 0 Å². The molecule has 1 fully saturated rings. The van der Waals surface area contributed by atoms with Gasteiger partial charge in [-0.05, 0) is 55.7 Å². The number of hydrogen-bond donors (Lipinski definition) is 0. The second kappa shape index (κ2) is 11.8. The Kier molecular flexibility index (Phi) is 8.21. The van der Waals surface area contributed by atoms with Gasteiger partial charge in [0.1, 0.15) is 5.58 Å². The van der Waals surface area contributed by atoms with Crippen LogP contribution in [0.3, 0.4) is 0 Å². The Morgan fingerprint density at radius 1 is 1.00 bits per heavy atom. The van der Waals surface area contributed by atoms with Gasteiger partial charge in [-0.25, -0.2) is 0 Å². The van der Waals surface area contributed by atoms with Gasteiger partial charge in [0.15, 0.2) is 16.9 Å². The van der Waals surface area contributed by atoms with Gasteiger partial charge in [-0.3, -0.25) is 14.5 Å². The van der Waals surface area contributed by atoms with Gasteiger partial charge < -0.3 is 23.5 Å². The number of nitrogens with zero attached hydrogens (tertiary/aromatic N) is 2. The zero-order chi connectivity index (χ0) is 26.6. The maximum absolute atomic E-state index is 13.8. The number of carbonyl (C=O) groups excluding carboxylic acids is 1. The number of morpholine rings is 1. The molecule has 8 nitrogen and oxygen atoms in total. The van der Waals surface area contributed by atoms with Crippen LogP contribution in [-0.4, -0.2) is 68.3 Å². The highest BCUT2D eigenvalue weighted by Gasteiger charge is 2.42. The van der Waals surface area contributed by atoms with Crippen LogP contribution in [-0.2, 0) is 4.74 Å². The molecule has 0 saturated carbocycles. The van der Waals surface area contributed by atoms with Gasteiger partial charge in [0.05, 0.1) is 43.4 Å². The largest absolute Gasteiger partial charge is 0.490 e. The van der Waals surface area contributed by atoms with Crippen LogP contribution in [0.5, 0.6) is 11.5 Å². The van der Waals surface area contributed by atoms with E-state index in [9.17, 15) is 9.59 Å². The first-order chi connectivity index (χ1) is 18.5. The van der Waals surface area contributed by atoms with Crippen LogP contribution in [0.15, 0.2) is 45.6 Å². The quantitative estimate of drug-likeness (QED) is 0.362. The van der Waals surface area contributed by atoms with Crippen LogP contribution in [0.1, 0.15) is 54.4 Å². The van der Waals surface area contributed by atoms with Crippen LogP contribution in [0.4, 0.5) is 0 Å². The number of fused-ring (bicyclic) bond motifs is 2. The topological polar surface area (TPSA) is 81.5 Å². The molecule has 3 aromatic rings. The number of carbonyl (C=O) groups is 1. The first-order valence-electron chi connectivity index (χ1n) is 13.3. The predicted octanol–water partition coefficient (Wildman–Crippen LogP) is 4.90. The molecule has 1 unspecified atom stereocenters. The highest BCUT2D eigenvalue weighted by atomic mass is 35.5. The minimum atomic E-state index is -0.610. The second-order valence-electron chi connectivity index (χ2n) is 9.51. The van der Waals surface area contributed by atoms with Crippen LogP contribution < -0.4 is 14.9 Å². The van der Waals surface area contributed by atoms with Crippen molar-refractivity contribution in [1.29, 1.82) is 0 Å². The van der Waals surface area contributed by atoms with Gasteiger partial charge in [0.2, 0.25) is 5.76 Å². The minimum Gasteiger partial charge on any atom is -0.490 e. The molecular formula is C29H33ClN2O6. The van der Waals surface area contributed by atoms with E-state index < -0.39 is 6.04 Å². The zero-order valence-electron chi connectivity index (χ0n) is 21.8. The van der Waals surface area contributed by atoms with Gasteiger partial charge in [0.25, 0.3) is 5.91 Å². The SMILES string of the molecule is CCCOc1ccc(C2c3c(oc4ccc(Cl)cc4c3=O)C(=O)N2CCCN2CCOCC2)cc1OCC. The van der Waals surface area contributed by atoms with Gasteiger partial charge in [-0.15, -0.1) is 0 Å². The van der Waals surface area contributed by atoms with E-state index in [1.165, 1.54) is 0 Å². The van der Waals surface area contributed by atoms with Gasteiger partial charge in [0, 0.05) is 31.2 Å². The number of ether oxygens (including phenoxy) is 3. The Labute approximate surface area is 227 Å². The van der Waals surface area contributed by atoms with Crippen molar-refractivity contribution in [3.8, 4) is 11.5 Å². The molecule has 9 heteroatoms. The Bertz CT molecular complexity index is 1370. The predicted molar refractivity (Wildman–Crippen MR) is 146 cm³/mol. The van der Waals surface area contributed by atoms with E-state index >= 15 is 0 Å². The molecular weight excluding hydrogens is 508 g/mol. The molecule has 1 amide bonds. The van der Waals surface area contributed by atoms with Gasteiger partial charge in [-0.1, -0.05) is 24.6 Å². The minimum absolute atomic E-state index is 0.0884. The van der Waals surface area contributed by atoms with Crippen molar-refractivity contribution in [1.82, 2.24) is 9.80 Å². The third-order valence-electron chi connectivity index (χ3n) is 6.95. The molecule has 3 heterocycles. The fraction of sp³-hybridized carbons (Fsp3) is 0.448. The van der Waals surface area contributed by atoms with E-state index in [2.05, 4.69) is 4.90 Å². The van der Waals surface area contributed by atoms with Gasteiger partial charge in [-0.2, -0.15) is 0 Å².